The lowest BCUT2D eigenvalue weighted by Gasteiger charge is -2.44. The molecular weight excluding hydrogens is 394 g/mol. The standard InChI is InChI=1S/2C9H17NO2S.2B/c2*1-13(11,12)10-8-4-2-5-9(10)7-3-6-8;;/h2*8-9H,2-7H2,1H3;;. The molecule has 4 heterocycles. The Balaban J connectivity index is 0.000000261. The summed E-state index contributed by atoms with van der Waals surface area (Å²) >= 11 is 0. The lowest BCUT2D eigenvalue weighted by atomic mass is 9.87. The van der Waals surface area contributed by atoms with Crippen molar-refractivity contribution in [2.75, 3.05) is 12.5 Å². The number of piperidine rings is 4. The van der Waals surface area contributed by atoms with Gasteiger partial charge < -0.3 is 0 Å². The molecule has 0 unspecified atom stereocenters. The highest BCUT2D eigenvalue weighted by atomic mass is 32.2. The van der Waals surface area contributed by atoms with Gasteiger partial charge in [0.05, 0.1) is 12.5 Å². The number of sulfonamides is 2. The van der Waals surface area contributed by atoms with E-state index in [-0.39, 0.29) is 16.8 Å². The molecule has 0 aliphatic carbocycles. The van der Waals surface area contributed by atoms with Crippen LogP contribution in [-0.4, -0.2) is 79.0 Å². The number of fused-ring (bicyclic) bond motifs is 4. The summed E-state index contributed by atoms with van der Waals surface area (Å²) in [5.74, 6) is 0. The molecule has 0 amide bonds. The van der Waals surface area contributed by atoms with Crippen molar-refractivity contribution >= 4 is 36.9 Å². The number of hydrogen-bond acceptors (Lipinski definition) is 4. The minimum atomic E-state index is -2.95. The van der Waals surface area contributed by atoms with Crippen LogP contribution < -0.4 is 0 Å². The van der Waals surface area contributed by atoms with E-state index < -0.39 is 20.0 Å². The highest BCUT2D eigenvalue weighted by molar-refractivity contribution is 7.88. The van der Waals surface area contributed by atoms with E-state index >= 15 is 0 Å². The number of hydrogen-bond donors (Lipinski definition) is 0. The van der Waals surface area contributed by atoms with Crippen LogP contribution in [0.5, 0.6) is 0 Å². The van der Waals surface area contributed by atoms with E-state index in [2.05, 4.69) is 0 Å². The fourth-order valence-corrected chi connectivity index (χ4v) is 8.64. The summed E-state index contributed by atoms with van der Waals surface area (Å²) < 4.78 is 49.7. The van der Waals surface area contributed by atoms with E-state index in [1.165, 1.54) is 38.2 Å². The lowest BCUT2D eigenvalue weighted by molar-refractivity contribution is 0.124. The molecule has 4 rings (SSSR count). The number of nitrogens with zero attached hydrogens (tertiary/aromatic N) is 2. The molecule has 4 aliphatic heterocycles. The first-order valence-electron chi connectivity index (χ1n) is 10.1. The second-order valence-corrected chi connectivity index (χ2v) is 12.3. The predicted molar refractivity (Wildman–Crippen MR) is 115 cm³/mol. The van der Waals surface area contributed by atoms with Crippen molar-refractivity contribution in [1.82, 2.24) is 8.61 Å². The second-order valence-electron chi connectivity index (χ2n) is 8.52. The summed E-state index contributed by atoms with van der Waals surface area (Å²) in [7, 11) is -5.90. The first-order chi connectivity index (χ1) is 12.2. The second kappa shape index (κ2) is 10.3. The smallest absolute Gasteiger partial charge is 0.211 e. The minimum Gasteiger partial charge on any atom is -0.212 e. The fourth-order valence-electron chi connectivity index (χ4n) is 5.63. The summed E-state index contributed by atoms with van der Waals surface area (Å²) in [6.45, 7) is 0. The number of rotatable bonds is 2. The molecule has 0 atom stereocenters. The van der Waals surface area contributed by atoms with Gasteiger partial charge in [0.1, 0.15) is 0 Å². The van der Waals surface area contributed by atoms with Crippen molar-refractivity contribution in [1.29, 1.82) is 0 Å². The normalized spacial score (nSPS) is 33.5. The first-order valence-corrected chi connectivity index (χ1v) is 13.8. The SMILES string of the molecule is CS(=O)(=O)N1C2CCCC1CCC2.CS(=O)(=O)N1C2CCCC1CCC2.[B].[B]. The van der Waals surface area contributed by atoms with Crippen LogP contribution in [-0.2, 0) is 20.0 Å². The van der Waals surface area contributed by atoms with E-state index in [1.807, 2.05) is 0 Å². The van der Waals surface area contributed by atoms with Gasteiger partial charge in [-0.3, -0.25) is 0 Å². The summed E-state index contributed by atoms with van der Waals surface area (Å²) in [4.78, 5) is 0. The summed E-state index contributed by atoms with van der Waals surface area (Å²) in [6, 6.07) is 1.29. The third kappa shape index (κ3) is 5.99. The van der Waals surface area contributed by atoms with Crippen molar-refractivity contribution < 1.29 is 16.8 Å². The molecule has 0 aromatic carbocycles. The Morgan fingerprint density at radius 2 is 0.679 bits per heavy atom. The zero-order valence-electron chi connectivity index (χ0n) is 17.3. The van der Waals surface area contributed by atoms with Crippen molar-refractivity contribution in [2.24, 2.45) is 0 Å². The fraction of sp³-hybridized carbons (Fsp3) is 1.00. The lowest BCUT2D eigenvalue weighted by Crippen LogP contribution is -2.52. The van der Waals surface area contributed by atoms with Crippen LogP contribution in [0.25, 0.3) is 0 Å². The molecule has 6 nitrogen and oxygen atoms in total. The van der Waals surface area contributed by atoms with Gasteiger partial charge in [0.25, 0.3) is 0 Å². The quantitative estimate of drug-likeness (QED) is 0.631. The van der Waals surface area contributed by atoms with E-state index in [4.69, 9.17) is 0 Å². The molecule has 6 radical (unpaired) electrons. The highest BCUT2D eigenvalue weighted by Gasteiger charge is 2.40. The molecule has 28 heavy (non-hydrogen) atoms. The largest absolute Gasteiger partial charge is 0.212 e. The van der Waals surface area contributed by atoms with Gasteiger partial charge >= 0.3 is 0 Å². The Labute approximate surface area is 176 Å². The van der Waals surface area contributed by atoms with E-state index in [0.29, 0.717) is 24.2 Å². The van der Waals surface area contributed by atoms with Gasteiger partial charge in [0, 0.05) is 41.0 Å². The zero-order valence-corrected chi connectivity index (χ0v) is 18.9. The zero-order chi connectivity index (χ0) is 18.9. The molecule has 158 valence electrons. The van der Waals surface area contributed by atoms with E-state index in [1.54, 1.807) is 8.61 Å². The van der Waals surface area contributed by atoms with Gasteiger partial charge in [-0.1, -0.05) is 25.7 Å². The van der Waals surface area contributed by atoms with Gasteiger partial charge in [-0.25, -0.2) is 16.8 Å². The molecule has 10 heteroatoms. The summed E-state index contributed by atoms with van der Waals surface area (Å²) in [6.07, 6.45) is 16.1. The van der Waals surface area contributed by atoms with Crippen LogP contribution in [0, 0.1) is 0 Å². The highest BCUT2D eigenvalue weighted by Crippen LogP contribution is 2.36. The van der Waals surface area contributed by atoms with Gasteiger partial charge in [-0.05, 0) is 51.4 Å². The Morgan fingerprint density at radius 1 is 0.500 bits per heavy atom. The van der Waals surface area contributed by atoms with Crippen LogP contribution >= 0.6 is 0 Å². The monoisotopic (exact) mass is 428 g/mol. The van der Waals surface area contributed by atoms with Crippen LogP contribution in [0.1, 0.15) is 77.0 Å². The third-order valence-electron chi connectivity index (χ3n) is 6.50. The average molecular weight is 428 g/mol. The maximum atomic E-state index is 11.5. The predicted octanol–water partition coefficient (Wildman–Crippen LogP) is 1.94. The summed E-state index contributed by atoms with van der Waals surface area (Å²) in [5, 5.41) is 0. The maximum absolute atomic E-state index is 11.5. The molecule has 0 aromatic heterocycles. The molecule has 0 aromatic rings. The Hall–Kier alpha value is -0.0501. The summed E-state index contributed by atoms with van der Waals surface area (Å²) in [5.41, 5.74) is 0. The van der Waals surface area contributed by atoms with Crippen LogP contribution in [0.4, 0.5) is 0 Å². The minimum absolute atomic E-state index is 0. The van der Waals surface area contributed by atoms with Crippen molar-refractivity contribution in [3.63, 3.8) is 0 Å². The van der Waals surface area contributed by atoms with Crippen LogP contribution in [0.2, 0.25) is 0 Å². The van der Waals surface area contributed by atoms with E-state index in [0.717, 1.165) is 51.4 Å². The maximum Gasteiger partial charge on any atom is 0.211 e. The van der Waals surface area contributed by atoms with Crippen LogP contribution in [0.3, 0.4) is 0 Å². The van der Waals surface area contributed by atoms with Crippen LogP contribution in [0.15, 0.2) is 0 Å². The molecule has 4 saturated heterocycles. The molecule has 4 aliphatic rings. The Bertz CT molecular complexity index is 598. The first kappa shape index (κ1) is 26.0. The van der Waals surface area contributed by atoms with Crippen molar-refractivity contribution in [2.45, 2.75) is 101 Å². The third-order valence-corrected chi connectivity index (χ3v) is 9.23. The molecule has 4 fully saturated rings. The molecule has 0 N–H and O–H groups in total. The molecule has 0 saturated carbocycles. The molecule has 4 bridgehead atoms. The molecular formula is C18H34B2N2O4S2. The Morgan fingerprint density at radius 3 is 0.786 bits per heavy atom. The van der Waals surface area contributed by atoms with Gasteiger partial charge in [0.2, 0.25) is 20.0 Å². The molecule has 0 spiro atoms. The van der Waals surface area contributed by atoms with Gasteiger partial charge in [-0.2, -0.15) is 8.61 Å². The Kier molecular flexibility index (Phi) is 9.57. The van der Waals surface area contributed by atoms with Crippen molar-refractivity contribution in [3.8, 4) is 0 Å². The van der Waals surface area contributed by atoms with Gasteiger partial charge in [-0.15, -0.1) is 0 Å². The topological polar surface area (TPSA) is 74.8 Å². The average Bonchev–Trinajstić information content (AvgIpc) is 2.52. The van der Waals surface area contributed by atoms with Crippen molar-refractivity contribution in [3.05, 3.63) is 0 Å². The van der Waals surface area contributed by atoms with E-state index in [9.17, 15) is 16.8 Å². The van der Waals surface area contributed by atoms with Gasteiger partial charge in [0.15, 0.2) is 0 Å².